The predicted octanol–water partition coefficient (Wildman–Crippen LogP) is 3.26. The van der Waals surface area contributed by atoms with Crippen LogP contribution < -0.4 is 4.74 Å². The summed E-state index contributed by atoms with van der Waals surface area (Å²) in [5.41, 5.74) is 0.422. The lowest BCUT2D eigenvalue weighted by Gasteiger charge is -2.17. The fourth-order valence-corrected chi connectivity index (χ4v) is 3.53. The lowest BCUT2D eigenvalue weighted by atomic mass is 9.96. The largest absolute Gasteiger partial charge is 0.472 e. The highest BCUT2D eigenvalue weighted by atomic mass is 19.4. The lowest BCUT2D eigenvalue weighted by molar-refractivity contribution is -0.137. The van der Waals surface area contributed by atoms with E-state index in [0.29, 0.717) is 18.7 Å². The zero-order valence-electron chi connectivity index (χ0n) is 14.5. The Kier molecular flexibility index (Phi) is 4.53. The summed E-state index contributed by atoms with van der Waals surface area (Å²) in [6, 6.07) is 1.77. The second kappa shape index (κ2) is 6.86. The highest BCUT2D eigenvalue weighted by molar-refractivity contribution is 5.94. The van der Waals surface area contributed by atoms with Crippen LogP contribution in [-0.4, -0.2) is 40.1 Å². The van der Waals surface area contributed by atoms with Gasteiger partial charge < -0.3 is 14.2 Å². The molecular formula is C18H18F3N3O3. The molecule has 6 nitrogen and oxygen atoms in total. The van der Waals surface area contributed by atoms with Crippen LogP contribution in [0.4, 0.5) is 13.2 Å². The maximum atomic E-state index is 12.8. The summed E-state index contributed by atoms with van der Waals surface area (Å²) >= 11 is 0. The van der Waals surface area contributed by atoms with Crippen LogP contribution in [0.25, 0.3) is 0 Å². The third kappa shape index (κ3) is 3.63. The van der Waals surface area contributed by atoms with E-state index in [0.717, 1.165) is 55.3 Å². The number of ether oxygens (including phenoxy) is 1. The zero-order valence-corrected chi connectivity index (χ0v) is 14.5. The summed E-state index contributed by atoms with van der Waals surface area (Å²) in [6.45, 7) is 0.725. The molecule has 0 spiro atoms. The SMILES string of the molecule is O=C(c1noc2c1CCCC2)N1CCC(Oc2cc(C(F)(F)F)ccn2)C1. The van der Waals surface area contributed by atoms with Gasteiger partial charge in [-0.25, -0.2) is 4.98 Å². The van der Waals surface area contributed by atoms with Crippen LogP contribution in [0.1, 0.15) is 46.6 Å². The Hall–Kier alpha value is -2.58. The molecule has 1 aliphatic carbocycles. The van der Waals surface area contributed by atoms with Gasteiger partial charge in [0, 0.05) is 37.2 Å². The minimum Gasteiger partial charge on any atom is -0.472 e. The summed E-state index contributed by atoms with van der Waals surface area (Å²) in [7, 11) is 0. The van der Waals surface area contributed by atoms with E-state index in [1.165, 1.54) is 0 Å². The molecule has 0 saturated carbocycles. The van der Waals surface area contributed by atoms with Gasteiger partial charge in [-0.15, -0.1) is 0 Å². The third-order valence-electron chi connectivity index (χ3n) is 4.93. The third-order valence-corrected chi connectivity index (χ3v) is 4.93. The summed E-state index contributed by atoms with van der Waals surface area (Å²) in [4.78, 5) is 18.2. The predicted molar refractivity (Wildman–Crippen MR) is 87.3 cm³/mol. The molecule has 2 aromatic rings. The second-order valence-corrected chi connectivity index (χ2v) is 6.80. The van der Waals surface area contributed by atoms with Crippen molar-refractivity contribution in [2.75, 3.05) is 13.1 Å². The summed E-state index contributed by atoms with van der Waals surface area (Å²) in [6.07, 6.45) is 0.324. The molecule has 1 fully saturated rings. The molecule has 0 N–H and O–H groups in total. The molecule has 144 valence electrons. The molecule has 1 aliphatic heterocycles. The van der Waals surface area contributed by atoms with E-state index < -0.39 is 17.8 Å². The van der Waals surface area contributed by atoms with Crippen molar-refractivity contribution >= 4 is 5.91 Å². The number of hydrogen-bond acceptors (Lipinski definition) is 5. The van der Waals surface area contributed by atoms with Crippen molar-refractivity contribution in [2.45, 2.75) is 44.4 Å². The monoisotopic (exact) mass is 381 g/mol. The first-order valence-corrected chi connectivity index (χ1v) is 8.88. The minimum absolute atomic E-state index is 0.0945. The van der Waals surface area contributed by atoms with Gasteiger partial charge in [0.25, 0.3) is 5.91 Å². The molecule has 1 unspecified atom stereocenters. The molecule has 4 rings (SSSR count). The van der Waals surface area contributed by atoms with Crippen LogP contribution in [0, 0.1) is 0 Å². The number of amides is 1. The van der Waals surface area contributed by atoms with E-state index in [1.54, 1.807) is 4.90 Å². The topological polar surface area (TPSA) is 68.5 Å². The van der Waals surface area contributed by atoms with E-state index in [9.17, 15) is 18.0 Å². The van der Waals surface area contributed by atoms with Gasteiger partial charge in [0.2, 0.25) is 5.88 Å². The number of alkyl halides is 3. The highest BCUT2D eigenvalue weighted by Crippen LogP contribution is 2.31. The van der Waals surface area contributed by atoms with Crippen LogP contribution in [0.3, 0.4) is 0 Å². The smallest absolute Gasteiger partial charge is 0.416 e. The van der Waals surface area contributed by atoms with Gasteiger partial charge in [-0.3, -0.25) is 4.79 Å². The first kappa shape index (κ1) is 17.8. The maximum absolute atomic E-state index is 12.8. The number of hydrogen-bond donors (Lipinski definition) is 0. The standard InChI is InChI=1S/C18H18F3N3O3/c19-18(20,21)11-5-7-22-15(9-11)26-12-6-8-24(10-12)17(25)16-13-3-1-2-4-14(13)27-23-16/h5,7,9,12H,1-4,6,8,10H2. The molecule has 27 heavy (non-hydrogen) atoms. The van der Waals surface area contributed by atoms with Gasteiger partial charge in [0.15, 0.2) is 5.69 Å². The lowest BCUT2D eigenvalue weighted by Crippen LogP contribution is -2.32. The molecule has 0 aromatic carbocycles. The maximum Gasteiger partial charge on any atom is 0.416 e. The number of likely N-dealkylation sites (tertiary alicyclic amines) is 1. The Bertz CT molecular complexity index is 850. The van der Waals surface area contributed by atoms with Crippen LogP contribution in [0.15, 0.2) is 22.9 Å². The molecule has 0 bridgehead atoms. The number of nitrogens with zero attached hydrogens (tertiary/aromatic N) is 3. The first-order chi connectivity index (χ1) is 12.9. The number of aromatic nitrogens is 2. The molecule has 1 atom stereocenters. The van der Waals surface area contributed by atoms with Gasteiger partial charge in [-0.05, 0) is 25.3 Å². The van der Waals surface area contributed by atoms with Crippen molar-refractivity contribution in [1.82, 2.24) is 15.0 Å². The molecule has 1 saturated heterocycles. The Balaban J connectivity index is 1.42. The van der Waals surface area contributed by atoms with Gasteiger partial charge in [0.1, 0.15) is 11.9 Å². The average Bonchev–Trinajstić information content (AvgIpc) is 3.28. The van der Waals surface area contributed by atoms with E-state index in [4.69, 9.17) is 9.26 Å². The quantitative estimate of drug-likeness (QED) is 0.816. The first-order valence-electron chi connectivity index (χ1n) is 8.88. The van der Waals surface area contributed by atoms with Gasteiger partial charge in [0.05, 0.1) is 12.1 Å². The number of aryl methyl sites for hydroxylation is 1. The summed E-state index contributed by atoms with van der Waals surface area (Å²) < 4.78 is 49.2. The van der Waals surface area contributed by atoms with E-state index >= 15 is 0 Å². The Morgan fingerprint density at radius 2 is 2.11 bits per heavy atom. The van der Waals surface area contributed by atoms with Crippen molar-refractivity contribution in [3.8, 4) is 5.88 Å². The molecule has 3 heterocycles. The Labute approximate surface area is 153 Å². The van der Waals surface area contributed by atoms with Gasteiger partial charge in [-0.2, -0.15) is 13.2 Å². The van der Waals surface area contributed by atoms with Crippen molar-refractivity contribution in [2.24, 2.45) is 0 Å². The zero-order chi connectivity index (χ0) is 19.0. The van der Waals surface area contributed by atoms with E-state index in [-0.39, 0.29) is 18.3 Å². The van der Waals surface area contributed by atoms with Gasteiger partial charge in [-0.1, -0.05) is 5.16 Å². The number of rotatable bonds is 3. The van der Waals surface area contributed by atoms with E-state index in [2.05, 4.69) is 10.1 Å². The molecule has 0 radical (unpaired) electrons. The average molecular weight is 381 g/mol. The Morgan fingerprint density at radius 3 is 2.93 bits per heavy atom. The fourth-order valence-electron chi connectivity index (χ4n) is 3.53. The van der Waals surface area contributed by atoms with Crippen molar-refractivity contribution < 1.29 is 27.2 Å². The second-order valence-electron chi connectivity index (χ2n) is 6.80. The highest BCUT2D eigenvalue weighted by Gasteiger charge is 2.34. The van der Waals surface area contributed by atoms with Gasteiger partial charge >= 0.3 is 6.18 Å². The molecule has 2 aromatic heterocycles. The molecular weight excluding hydrogens is 363 g/mol. The van der Waals surface area contributed by atoms with Crippen LogP contribution in [-0.2, 0) is 19.0 Å². The number of pyridine rings is 1. The van der Waals surface area contributed by atoms with Crippen molar-refractivity contribution in [3.63, 3.8) is 0 Å². The molecule has 2 aliphatic rings. The Morgan fingerprint density at radius 1 is 1.30 bits per heavy atom. The van der Waals surface area contributed by atoms with Crippen molar-refractivity contribution in [1.29, 1.82) is 0 Å². The normalized spacial score (nSPS) is 19.8. The number of halogens is 3. The molecule has 9 heteroatoms. The number of carbonyl (C=O) groups excluding carboxylic acids is 1. The number of carbonyl (C=O) groups is 1. The van der Waals surface area contributed by atoms with Crippen molar-refractivity contribution in [3.05, 3.63) is 40.9 Å². The fraction of sp³-hybridized carbons (Fsp3) is 0.500. The number of fused-ring (bicyclic) bond motifs is 1. The molecule has 1 amide bonds. The van der Waals surface area contributed by atoms with E-state index in [1.807, 2.05) is 0 Å². The summed E-state index contributed by atoms with van der Waals surface area (Å²) in [5, 5.41) is 3.95. The summed E-state index contributed by atoms with van der Waals surface area (Å²) in [5.74, 6) is 0.470. The van der Waals surface area contributed by atoms with Crippen LogP contribution in [0.5, 0.6) is 5.88 Å². The minimum atomic E-state index is -4.45. The van der Waals surface area contributed by atoms with Crippen LogP contribution in [0.2, 0.25) is 0 Å². The van der Waals surface area contributed by atoms with Crippen LogP contribution >= 0.6 is 0 Å².